The van der Waals surface area contributed by atoms with Crippen molar-refractivity contribution in [3.05, 3.63) is 35.4 Å². The molecule has 1 N–H and O–H groups in total. The van der Waals surface area contributed by atoms with Gasteiger partial charge in [-0.05, 0) is 61.0 Å². The number of hydrogen-bond donors (Lipinski definition) is 1. The fraction of sp³-hybridized carbons (Fsp3) is 0.636. The molecule has 1 spiro atoms. The second kappa shape index (κ2) is 7.05. The molecule has 0 aromatic heterocycles. The van der Waals surface area contributed by atoms with Gasteiger partial charge >= 0.3 is 0 Å². The molecule has 26 heavy (non-hydrogen) atoms. The summed E-state index contributed by atoms with van der Waals surface area (Å²) in [6.07, 6.45) is 7.82. The molecule has 4 rings (SSSR count). The highest BCUT2D eigenvalue weighted by molar-refractivity contribution is 5.78. The molecular formula is C22H30N2O2. The first kappa shape index (κ1) is 17.6. The van der Waals surface area contributed by atoms with Crippen LogP contribution in [0.3, 0.4) is 0 Å². The van der Waals surface area contributed by atoms with Crippen molar-refractivity contribution >= 4 is 11.8 Å². The van der Waals surface area contributed by atoms with Gasteiger partial charge in [-0.3, -0.25) is 9.59 Å². The van der Waals surface area contributed by atoms with Gasteiger partial charge < -0.3 is 10.2 Å². The number of fused-ring (bicyclic) bond motifs is 2. The molecule has 1 saturated carbocycles. The Kier molecular flexibility index (Phi) is 4.76. The lowest BCUT2D eigenvalue weighted by Crippen LogP contribution is -2.44. The van der Waals surface area contributed by atoms with Crippen LogP contribution in [0.4, 0.5) is 0 Å². The van der Waals surface area contributed by atoms with E-state index in [0.717, 1.165) is 45.2 Å². The Hall–Kier alpha value is -1.84. The van der Waals surface area contributed by atoms with Crippen molar-refractivity contribution in [2.45, 2.75) is 75.7 Å². The van der Waals surface area contributed by atoms with E-state index < -0.39 is 0 Å². The number of rotatable bonds is 4. The molecule has 4 nitrogen and oxygen atoms in total. The van der Waals surface area contributed by atoms with Crippen molar-refractivity contribution < 1.29 is 9.59 Å². The van der Waals surface area contributed by atoms with Crippen molar-refractivity contribution in [2.75, 3.05) is 13.1 Å². The second-order valence-electron chi connectivity index (χ2n) is 8.40. The lowest BCUT2D eigenvalue weighted by atomic mass is 9.73. The SMILES string of the molecule is CCC(=O)N1CCC2(CC1)C[C@@H](CC(=O)NC1CCC1)c1ccccc12. The van der Waals surface area contributed by atoms with Gasteiger partial charge in [0.2, 0.25) is 11.8 Å². The molecule has 3 aliphatic rings. The van der Waals surface area contributed by atoms with Crippen molar-refractivity contribution in [1.29, 1.82) is 0 Å². The summed E-state index contributed by atoms with van der Waals surface area (Å²) in [6.45, 7) is 3.64. The van der Waals surface area contributed by atoms with E-state index in [1.807, 2.05) is 11.8 Å². The van der Waals surface area contributed by atoms with E-state index in [0.29, 0.717) is 24.8 Å². The smallest absolute Gasteiger partial charge is 0.222 e. The molecule has 2 fully saturated rings. The molecule has 1 aromatic carbocycles. The summed E-state index contributed by atoms with van der Waals surface area (Å²) in [6, 6.07) is 9.12. The number of carbonyl (C=O) groups excluding carboxylic acids is 2. The van der Waals surface area contributed by atoms with E-state index in [-0.39, 0.29) is 17.2 Å². The third-order valence-corrected chi connectivity index (χ3v) is 6.89. The Labute approximate surface area is 156 Å². The van der Waals surface area contributed by atoms with Gasteiger partial charge in [-0.1, -0.05) is 31.2 Å². The van der Waals surface area contributed by atoms with Crippen LogP contribution in [0.2, 0.25) is 0 Å². The largest absolute Gasteiger partial charge is 0.353 e. The van der Waals surface area contributed by atoms with Crippen molar-refractivity contribution in [2.24, 2.45) is 0 Å². The van der Waals surface area contributed by atoms with E-state index in [9.17, 15) is 9.59 Å². The lowest BCUT2D eigenvalue weighted by Gasteiger charge is -2.40. The molecule has 1 atom stereocenters. The van der Waals surface area contributed by atoms with Crippen LogP contribution in [0.25, 0.3) is 0 Å². The Morgan fingerprint density at radius 3 is 2.58 bits per heavy atom. The summed E-state index contributed by atoms with van der Waals surface area (Å²) in [5.41, 5.74) is 2.96. The van der Waals surface area contributed by atoms with Gasteiger partial charge in [-0.2, -0.15) is 0 Å². The summed E-state index contributed by atoms with van der Waals surface area (Å²) in [5, 5.41) is 3.20. The predicted molar refractivity (Wildman–Crippen MR) is 102 cm³/mol. The van der Waals surface area contributed by atoms with E-state index >= 15 is 0 Å². The first-order chi connectivity index (χ1) is 12.6. The van der Waals surface area contributed by atoms with Crippen LogP contribution >= 0.6 is 0 Å². The summed E-state index contributed by atoms with van der Waals surface area (Å²) in [5.74, 6) is 0.799. The van der Waals surface area contributed by atoms with E-state index in [1.165, 1.54) is 17.5 Å². The minimum Gasteiger partial charge on any atom is -0.353 e. The van der Waals surface area contributed by atoms with Gasteiger partial charge in [-0.15, -0.1) is 0 Å². The maximum Gasteiger partial charge on any atom is 0.222 e. The van der Waals surface area contributed by atoms with Crippen LogP contribution in [0.1, 0.15) is 75.3 Å². The maximum absolute atomic E-state index is 12.5. The van der Waals surface area contributed by atoms with Crippen molar-refractivity contribution in [1.82, 2.24) is 10.2 Å². The second-order valence-corrected chi connectivity index (χ2v) is 8.40. The van der Waals surface area contributed by atoms with Gasteiger partial charge in [0.15, 0.2) is 0 Å². The summed E-state index contributed by atoms with van der Waals surface area (Å²) in [4.78, 5) is 26.6. The van der Waals surface area contributed by atoms with Crippen molar-refractivity contribution in [3.63, 3.8) is 0 Å². The van der Waals surface area contributed by atoms with Crippen LogP contribution < -0.4 is 5.32 Å². The first-order valence-electron chi connectivity index (χ1n) is 10.3. The number of carbonyl (C=O) groups is 2. The Bertz CT molecular complexity index is 687. The maximum atomic E-state index is 12.5. The third kappa shape index (κ3) is 3.15. The summed E-state index contributed by atoms with van der Waals surface area (Å²) in [7, 11) is 0. The monoisotopic (exact) mass is 354 g/mol. The van der Waals surface area contributed by atoms with E-state index in [2.05, 4.69) is 29.6 Å². The molecule has 1 aromatic rings. The average Bonchev–Trinajstić information content (AvgIpc) is 2.92. The van der Waals surface area contributed by atoms with E-state index in [4.69, 9.17) is 0 Å². The number of nitrogens with one attached hydrogen (secondary N) is 1. The average molecular weight is 354 g/mol. The number of likely N-dealkylation sites (tertiary alicyclic amines) is 1. The predicted octanol–water partition coefficient (Wildman–Crippen LogP) is 3.50. The molecule has 0 unspecified atom stereocenters. The highest BCUT2D eigenvalue weighted by Gasteiger charge is 2.46. The number of hydrogen-bond acceptors (Lipinski definition) is 2. The van der Waals surface area contributed by atoms with Crippen LogP contribution in [-0.2, 0) is 15.0 Å². The van der Waals surface area contributed by atoms with Gasteiger partial charge in [-0.25, -0.2) is 0 Å². The third-order valence-electron chi connectivity index (χ3n) is 6.89. The number of benzene rings is 1. The Balaban J connectivity index is 1.48. The molecule has 140 valence electrons. The zero-order valence-electron chi connectivity index (χ0n) is 15.8. The van der Waals surface area contributed by atoms with Gasteiger partial charge in [0.1, 0.15) is 0 Å². The Morgan fingerprint density at radius 1 is 1.19 bits per heavy atom. The van der Waals surface area contributed by atoms with Crippen molar-refractivity contribution in [3.8, 4) is 0 Å². The van der Waals surface area contributed by atoms with Crippen LogP contribution in [-0.4, -0.2) is 35.8 Å². The normalized spacial score (nSPS) is 24.2. The first-order valence-corrected chi connectivity index (χ1v) is 10.3. The zero-order valence-corrected chi connectivity index (χ0v) is 15.8. The quantitative estimate of drug-likeness (QED) is 0.900. The molecule has 0 bridgehead atoms. The minimum absolute atomic E-state index is 0.155. The highest BCUT2D eigenvalue weighted by atomic mass is 16.2. The topological polar surface area (TPSA) is 49.4 Å². The highest BCUT2D eigenvalue weighted by Crippen LogP contribution is 2.52. The zero-order chi connectivity index (χ0) is 18.1. The molecule has 2 aliphatic carbocycles. The van der Waals surface area contributed by atoms with Crippen LogP contribution in [0.5, 0.6) is 0 Å². The Morgan fingerprint density at radius 2 is 1.92 bits per heavy atom. The van der Waals surface area contributed by atoms with E-state index in [1.54, 1.807) is 0 Å². The molecule has 1 aliphatic heterocycles. The van der Waals surface area contributed by atoms with Crippen LogP contribution in [0.15, 0.2) is 24.3 Å². The number of piperidine rings is 1. The summed E-state index contributed by atoms with van der Waals surface area (Å²) < 4.78 is 0. The number of amides is 2. The molecule has 1 saturated heterocycles. The summed E-state index contributed by atoms with van der Waals surface area (Å²) >= 11 is 0. The minimum atomic E-state index is 0.155. The fourth-order valence-corrected chi connectivity index (χ4v) is 5.15. The van der Waals surface area contributed by atoms with Gasteiger partial charge in [0, 0.05) is 32.0 Å². The molecular weight excluding hydrogens is 324 g/mol. The van der Waals surface area contributed by atoms with Gasteiger partial charge in [0.25, 0.3) is 0 Å². The molecule has 0 radical (unpaired) electrons. The molecule has 2 amide bonds. The lowest BCUT2D eigenvalue weighted by molar-refractivity contribution is -0.132. The standard InChI is InChI=1S/C22H30N2O2/c1-2-21(26)24-12-10-22(11-13-24)15-16(18-8-3-4-9-19(18)22)14-20(25)23-17-6-5-7-17/h3-4,8-9,16-17H,2,5-7,10-15H2,1H3,(H,23,25)/t16-/m1/s1. The molecule has 1 heterocycles. The van der Waals surface area contributed by atoms with Gasteiger partial charge in [0.05, 0.1) is 0 Å². The van der Waals surface area contributed by atoms with Crippen LogP contribution in [0, 0.1) is 0 Å². The number of nitrogens with zero attached hydrogens (tertiary/aromatic N) is 1. The molecule has 4 heteroatoms. The fourth-order valence-electron chi connectivity index (χ4n) is 5.15.